The number of benzene rings is 2. The molecule has 9 heteroatoms. The SMILES string of the molecule is CCCOc1ccc(C(=O)NC(=S)Nc2cc(C(=O)O)c(Cl)cc2Cl)cc1. The lowest BCUT2D eigenvalue weighted by atomic mass is 10.2. The highest BCUT2D eigenvalue weighted by Crippen LogP contribution is 2.29. The van der Waals surface area contributed by atoms with Gasteiger partial charge in [-0.15, -0.1) is 0 Å². The number of amides is 1. The minimum atomic E-state index is -1.21. The number of rotatable bonds is 6. The lowest BCUT2D eigenvalue weighted by Crippen LogP contribution is -2.34. The van der Waals surface area contributed by atoms with Crippen molar-refractivity contribution < 1.29 is 19.4 Å². The second-order valence-corrected chi connectivity index (χ2v) is 6.62. The molecule has 0 aliphatic heterocycles. The summed E-state index contributed by atoms with van der Waals surface area (Å²) in [7, 11) is 0. The predicted molar refractivity (Wildman–Crippen MR) is 109 cm³/mol. The fourth-order valence-corrected chi connectivity index (χ4v) is 2.77. The van der Waals surface area contributed by atoms with Crippen LogP contribution in [0.5, 0.6) is 5.75 Å². The van der Waals surface area contributed by atoms with Crippen molar-refractivity contribution in [1.29, 1.82) is 0 Å². The largest absolute Gasteiger partial charge is 0.494 e. The molecule has 0 aliphatic carbocycles. The fourth-order valence-electron chi connectivity index (χ4n) is 2.06. The molecule has 27 heavy (non-hydrogen) atoms. The molecule has 0 unspecified atom stereocenters. The summed E-state index contributed by atoms with van der Waals surface area (Å²) in [5, 5.41) is 14.4. The van der Waals surface area contributed by atoms with E-state index in [2.05, 4.69) is 10.6 Å². The van der Waals surface area contributed by atoms with Gasteiger partial charge in [0.25, 0.3) is 5.91 Å². The first-order valence-corrected chi connectivity index (χ1v) is 9.05. The molecule has 1 amide bonds. The van der Waals surface area contributed by atoms with Gasteiger partial charge in [-0.25, -0.2) is 4.79 Å². The van der Waals surface area contributed by atoms with Gasteiger partial charge >= 0.3 is 5.97 Å². The zero-order valence-corrected chi connectivity index (χ0v) is 16.5. The number of nitrogens with one attached hydrogen (secondary N) is 2. The quantitative estimate of drug-likeness (QED) is 0.584. The van der Waals surface area contributed by atoms with Crippen LogP contribution in [-0.4, -0.2) is 28.7 Å². The van der Waals surface area contributed by atoms with E-state index in [9.17, 15) is 9.59 Å². The molecule has 0 atom stereocenters. The summed E-state index contributed by atoms with van der Waals surface area (Å²) in [5.74, 6) is -0.971. The smallest absolute Gasteiger partial charge is 0.337 e. The lowest BCUT2D eigenvalue weighted by molar-refractivity contribution is 0.0697. The average molecular weight is 427 g/mol. The molecule has 3 N–H and O–H groups in total. The Morgan fingerprint density at radius 2 is 1.81 bits per heavy atom. The first kappa shape index (κ1) is 21.0. The van der Waals surface area contributed by atoms with Crippen LogP contribution in [0, 0.1) is 0 Å². The van der Waals surface area contributed by atoms with Crippen molar-refractivity contribution in [3.8, 4) is 5.75 Å². The fraction of sp³-hybridized carbons (Fsp3) is 0.167. The van der Waals surface area contributed by atoms with Crippen LogP contribution in [0.1, 0.15) is 34.1 Å². The average Bonchev–Trinajstić information content (AvgIpc) is 2.62. The summed E-state index contributed by atoms with van der Waals surface area (Å²) in [6.45, 7) is 2.60. The standard InChI is InChI=1S/C18H16Cl2N2O4S/c1-2-7-26-11-5-3-10(4-6-11)16(23)22-18(27)21-15-8-12(17(24)25)13(19)9-14(15)20/h3-6,8-9H,2,7H2,1H3,(H,24,25)(H2,21,22,23,27). The highest BCUT2D eigenvalue weighted by molar-refractivity contribution is 7.80. The van der Waals surface area contributed by atoms with E-state index in [1.807, 2.05) is 6.92 Å². The van der Waals surface area contributed by atoms with E-state index in [4.69, 9.17) is 45.3 Å². The summed E-state index contributed by atoms with van der Waals surface area (Å²) in [6, 6.07) is 9.13. The number of carbonyl (C=O) groups excluding carboxylic acids is 1. The van der Waals surface area contributed by atoms with Gasteiger partial charge in [0.15, 0.2) is 5.11 Å². The normalized spacial score (nSPS) is 10.2. The first-order chi connectivity index (χ1) is 12.8. The number of carboxylic acid groups (broad SMARTS) is 1. The van der Waals surface area contributed by atoms with Gasteiger partial charge in [-0.3, -0.25) is 10.1 Å². The summed E-state index contributed by atoms with van der Waals surface area (Å²) in [5.41, 5.74) is 0.462. The third-order valence-corrected chi connectivity index (χ3v) is 4.18. The third-order valence-electron chi connectivity index (χ3n) is 3.35. The molecule has 2 aromatic rings. The maximum atomic E-state index is 12.3. The molecule has 0 fully saturated rings. The molecule has 0 radical (unpaired) electrons. The minimum Gasteiger partial charge on any atom is -0.494 e. The van der Waals surface area contributed by atoms with Gasteiger partial charge in [-0.2, -0.15) is 0 Å². The topological polar surface area (TPSA) is 87.7 Å². The van der Waals surface area contributed by atoms with Crippen LogP contribution in [0.15, 0.2) is 36.4 Å². The molecule has 0 bridgehead atoms. The molecule has 2 rings (SSSR count). The highest BCUT2D eigenvalue weighted by atomic mass is 35.5. The van der Waals surface area contributed by atoms with Crippen LogP contribution in [-0.2, 0) is 0 Å². The van der Waals surface area contributed by atoms with E-state index in [0.29, 0.717) is 17.9 Å². The molecular weight excluding hydrogens is 411 g/mol. The molecule has 142 valence electrons. The highest BCUT2D eigenvalue weighted by Gasteiger charge is 2.15. The first-order valence-electron chi connectivity index (χ1n) is 7.89. The number of carboxylic acids is 1. The minimum absolute atomic E-state index is 0.00149. The van der Waals surface area contributed by atoms with Gasteiger partial charge in [-0.05, 0) is 55.0 Å². The van der Waals surface area contributed by atoms with E-state index >= 15 is 0 Å². The van der Waals surface area contributed by atoms with E-state index in [1.165, 1.54) is 12.1 Å². The monoisotopic (exact) mass is 426 g/mol. The zero-order valence-electron chi connectivity index (χ0n) is 14.2. The van der Waals surface area contributed by atoms with Gasteiger partial charge in [0, 0.05) is 5.56 Å². The van der Waals surface area contributed by atoms with Crippen LogP contribution in [0.2, 0.25) is 10.0 Å². The number of anilines is 1. The Kier molecular flexibility index (Phi) is 7.41. The molecular formula is C18H16Cl2N2O4S. The summed E-state index contributed by atoms with van der Waals surface area (Å²) in [4.78, 5) is 23.4. The Morgan fingerprint density at radius 3 is 2.41 bits per heavy atom. The van der Waals surface area contributed by atoms with Crippen LogP contribution >= 0.6 is 35.4 Å². The summed E-state index contributed by atoms with van der Waals surface area (Å²) < 4.78 is 5.46. The van der Waals surface area contributed by atoms with Crippen molar-refractivity contribution in [2.45, 2.75) is 13.3 Å². The van der Waals surface area contributed by atoms with Crippen molar-refractivity contribution in [2.75, 3.05) is 11.9 Å². The molecule has 2 aromatic carbocycles. The van der Waals surface area contributed by atoms with Gasteiger partial charge in [-0.1, -0.05) is 30.1 Å². The zero-order chi connectivity index (χ0) is 20.0. The molecule has 0 saturated carbocycles. The number of hydrogen-bond donors (Lipinski definition) is 3. The number of ether oxygens (including phenoxy) is 1. The molecule has 6 nitrogen and oxygen atoms in total. The Labute approximate surface area is 171 Å². The molecule has 0 aliphatic rings. The predicted octanol–water partition coefficient (Wildman–Crippen LogP) is 4.61. The van der Waals surface area contributed by atoms with Gasteiger partial charge in [0.05, 0.1) is 27.9 Å². The number of carbonyl (C=O) groups is 2. The van der Waals surface area contributed by atoms with Gasteiger partial charge in [0.2, 0.25) is 0 Å². The van der Waals surface area contributed by atoms with Crippen LogP contribution < -0.4 is 15.4 Å². The van der Waals surface area contributed by atoms with Gasteiger partial charge in [0.1, 0.15) is 5.75 Å². The van der Waals surface area contributed by atoms with Crippen LogP contribution in [0.25, 0.3) is 0 Å². The number of hydrogen-bond acceptors (Lipinski definition) is 4. The van der Waals surface area contributed by atoms with Gasteiger partial charge < -0.3 is 15.2 Å². The van der Waals surface area contributed by atoms with E-state index in [0.717, 1.165) is 6.42 Å². The Bertz CT molecular complexity index is 872. The van der Waals surface area contributed by atoms with E-state index in [-0.39, 0.29) is 26.4 Å². The van der Waals surface area contributed by atoms with E-state index in [1.54, 1.807) is 24.3 Å². The van der Waals surface area contributed by atoms with Crippen molar-refractivity contribution >= 4 is 58.1 Å². The maximum absolute atomic E-state index is 12.3. The molecule has 0 spiro atoms. The van der Waals surface area contributed by atoms with E-state index < -0.39 is 11.9 Å². The number of aromatic carboxylic acids is 1. The number of halogens is 2. The maximum Gasteiger partial charge on any atom is 0.337 e. The van der Waals surface area contributed by atoms with Crippen LogP contribution in [0.3, 0.4) is 0 Å². The second-order valence-electron chi connectivity index (χ2n) is 5.40. The Morgan fingerprint density at radius 1 is 1.15 bits per heavy atom. The number of thiocarbonyl (C=S) groups is 1. The molecule has 0 heterocycles. The summed E-state index contributed by atoms with van der Waals surface area (Å²) in [6.07, 6.45) is 0.888. The summed E-state index contributed by atoms with van der Waals surface area (Å²) >= 11 is 17.0. The van der Waals surface area contributed by atoms with Crippen LogP contribution in [0.4, 0.5) is 5.69 Å². The van der Waals surface area contributed by atoms with Crippen molar-refractivity contribution in [3.05, 3.63) is 57.6 Å². The van der Waals surface area contributed by atoms with Crippen molar-refractivity contribution in [3.63, 3.8) is 0 Å². The lowest BCUT2D eigenvalue weighted by Gasteiger charge is -2.12. The second kappa shape index (κ2) is 9.55. The van der Waals surface area contributed by atoms with Crippen molar-refractivity contribution in [1.82, 2.24) is 5.32 Å². The molecule has 0 aromatic heterocycles. The third kappa shape index (κ3) is 5.82. The molecule has 0 saturated heterocycles. The van der Waals surface area contributed by atoms with Crippen molar-refractivity contribution in [2.24, 2.45) is 0 Å². The Balaban J connectivity index is 2.04. The Hall–Kier alpha value is -2.35.